The lowest BCUT2D eigenvalue weighted by atomic mass is 9.78. The van der Waals surface area contributed by atoms with Gasteiger partial charge < -0.3 is 4.74 Å². The Hall–Kier alpha value is -1.08. The van der Waals surface area contributed by atoms with Crippen LogP contribution in [0, 0.1) is 0 Å². The molecule has 0 bridgehead atoms. The Labute approximate surface area is 90.2 Å². The summed E-state index contributed by atoms with van der Waals surface area (Å²) >= 11 is 0. The zero-order valence-electron chi connectivity index (χ0n) is 8.95. The molecule has 0 aromatic rings. The van der Waals surface area contributed by atoms with Gasteiger partial charge in [-0.15, -0.1) is 0 Å². The number of hydrogen-bond donors (Lipinski definition) is 0. The molecule has 1 saturated carbocycles. The number of ether oxygens (including phenoxy) is 1. The van der Waals surface area contributed by atoms with Crippen molar-refractivity contribution in [1.82, 2.24) is 0 Å². The maximum Gasteiger partial charge on any atom is 0.235 e. The SMILES string of the molecule is O=C=NC1(CC2CC=CO2)CCCCC1. The number of hydrogen-bond acceptors (Lipinski definition) is 3. The molecule has 1 aliphatic heterocycles. The predicted octanol–water partition coefficient (Wildman–Crippen LogP) is 2.72. The van der Waals surface area contributed by atoms with Gasteiger partial charge in [-0.05, 0) is 18.9 Å². The van der Waals surface area contributed by atoms with E-state index in [1.165, 1.54) is 19.3 Å². The van der Waals surface area contributed by atoms with Crippen LogP contribution in [-0.2, 0) is 9.53 Å². The molecule has 0 radical (unpaired) electrons. The summed E-state index contributed by atoms with van der Waals surface area (Å²) < 4.78 is 5.46. The van der Waals surface area contributed by atoms with Crippen molar-refractivity contribution >= 4 is 6.08 Å². The second-order valence-corrected chi connectivity index (χ2v) is 4.56. The Balaban J connectivity index is 2.00. The van der Waals surface area contributed by atoms with Crippen LogP contribution in [0.5, 0.6) is 0 Å². The van der Waals surface area contributed by atoms with Crippen molar-refractivity contribution in [3.8, 4) is 0 Å². The van der Waals surface area contributed by atoms with E-state index in [1.54, 1.807) is 12.3 Å². The van der Waals surface area contributed by atoms with E-state index in [-0.39, 0.29) is 11.6 Å². The van der Waals surface area contributed by atoms with Crippen molar-refractivity contribution in [2.45, 2.75) is 56.6 Å². The third-order valence-electron chi connectivity index (χ3n) is 3.44. The van der Waals surface area contributed by atoms with E-state index < -0.39 is 0 Å². The first-order valence-corrected chi connectivity index (χ1v) is 5.74. The van der Waals surface area contributed by atoms with Gasteiger partial charge in [-0.2, -0.15) is 4.99 Å². The fraction of sp³-hybridized carbons (Fsp3) is 0.750. The molecule has 1 fully saturated rings. The Bertz CT molecular complexity index is 278. The molecule has 0 N–H and O–H groups in total. The Kier molecular flexibility index (Phi) is 3.22. The Morgan fingerprint density at radius 1 is 1.40 bits per heavy atom. The standard InChI is InChI=1S/C12H17NO2/c14-10-13-12(6-2-1-3-7-12)9-11-5-4-8-15-11/h4,8,11H,1-3,5-7,9H2. The van der Waals surface area contributed by atoms with E-state index in [1.807, 2.05) is 6.08 Å². The monoisotopic (exact) mass is 207 g/mol. The van der Waals surface area contributed by atoms with Gasteiger partial charge in [0.25, 0.3) is 0 Å². The molecule has 1 aliphatic carbocycles. The van der Waals surface area contributed by atoms with Crippen molar-refractivity contribution in [3.63, 3.8) is 0 Å². The number of isocyanates is 1. The molecule has 1 atom stereocenters. The third kappa shape index (κ3) is 2.48. The molecule has 0 aromatic heterocycles. The van der Waals surface area contributed by atoms with E-state index in [9.17, 15) is 4.79 Å². The largest absolute Gasteiger partial charge is 0.498 e. The van der Waals surface area contributed by atoms with Gasteiger partial charge in [-0.1, -0.05) is 19.3 Å². The number of carbonyl (C=O) groups excluding carboxylic acids is 1. The second-order valence-electron chi connectivity index (χ2n) is 4.56. The molecule has 15 heavy (non-hydrogen) atoms. The number of aliphatic imine (C=N–C) groups is 1. The van der Waals surface area contributed by atoms with E-state index in [0.29, 0.717) is 0 Å². The van der Waals surface area contributed by atoms with Crippen LogP contribution in [0.1, 0.15) is 44.9 Å². The quantitative estimate of drug-likeness (QED) is 0.527. The van der Waals surface area contributed by atoms with Crippen LogP contribution in [0.15, 0.2) is 17.3 Å². The summed E-state index contributed by atoms with van der Waals surface area (Å²) in [7, 11) is 0. The van der Waals surface area contributed by atoms with Crippen molar-refractivity contribution in [2.75, 3.05) is 0 Å². The number of nitrogens with zero attached hydrogens (tertiary/aromatic N) is 1. The maximum absolute atomic E-state index is 10.5. The van der Waals surface area contributed by atoms with Crippen LogP contribution in [-0.4, -0.2) is 17.7 Å². The van der Waals surface area contributed by atoms with Crippen molar-refractivity contribution in [2.24, 2.45) is 4.99 Å². The lowest BCUT2D eigenvalue weighted by molar-refractivity contribution is 0.116. The molecule has 0 amide bonds. The number of rotatable bonds is 3. The molecule has 3 heteroatoms. The van der Waals surface area contributed by atoms with Crippen molar-refractivity contribution < 1.29 is 9.53 Å². The molecular weight excluding hydrogens is 190 g/mol. The first-order chi connectivity index (χ1) is 7.35. The molecular formula is C12H17NO2. The highest BCUT2D eigenvalue weighted by atomic mass is 16.5. The van der Waals surface area contributed by atoms with Gasteiger partial charge in [0.2, 0.25) is 6.08 Å². The molecule has 0 aromatic carbocycles. The van der Waals surface area contributed by atoms with Crippen LogP contribution < -0.4 is 0 Å². The van der Waals surface area contributed by atoms with Crippen LogP contribution in [0.4, 0.5) is 0 Å². The molecule has 1 unspecified atom stereocenters. The second kappa shape index (κ2) is 4.63. The zero-order chi connectivity index (χ0) is 10.6. The van der Waals surface area contributed by atoms with Crippen LogP contribution >= 0.6 is 0 Å². The molecule has 0 spiro atoms. The van der Waals surface area contributed by atoms with Gasteiger partial charge in [0, 0.05) is 12.8 Å². The minimum Gasteiger partial charge on any atom is -0.498 e. The summed E-state index contributed by atoms with van der Waals surface area (Å²) in [5.41, 5.74) is -0.170. The van der Waals surface area contributed by atoms with E-state index in [0.717, 1.165) is 25.7 Å². The minimum absolute atomic E-state index is 0.170. The lowest BCUT2D eigenvalue weighted by Crippen LogP contribution is -2.33. The summed E-state index contributed by atoms with van der Waals surface area (Å²) in [6.45, 7) is 0. The van der Waals surface area contributed by atoms with E-state index >= 15 is 0 Å². The summed E-state index contributed by atoms with van der Waals surface area (Å²) in [5.74, 6) is 0. The lowest BCUT2D eigenvalue weighted by Gasteiger charge is -2.33. The fourth-order valence-corrected chi connectivity index (χ4v) is 2.65. The Morgan fingerprint density at radius 2 is 2.20 bits per heavy atom. The summed E-state index contributed by atoms with van der Waals surface area (Å²) in [6.07, 6.45) is 13.2. The Morgan fingerprint density at radius 3 is 2.80 bits per heavy atom. The maximum atomic E-state index is 10.5. The van der Waals surface area contributed by atoms with Crippen LogP contribution in [0.3, 0.4) is 0 Å². The van der Waals surface area contributed by atoms with Gasteiger partial charge in [0.1, 0.15) is 6.10 Å². The van der Waals surface area contributed by atoms with Crippen LogP contribution in [0.25, 0.3) is 0 Å². The molecule has 2 rings (SSSR count). The first kappa shape index (κ1) is 10.4. The normalized spacial score (nSPS) is 28.1. The first-order valence-electron chi connectivity index (χ1n) is 5.74. The molecule has 3 nitrogen and oxygen atoms in total. The summed E-state index contributed by atoms with van der Waals surface area (Å²) in [4.78, 5) is 14.6. The van der Waals surface area contributed by atoms with Gasteiger partial charge in [0.15, 0.2) is 0 Å². The highest BCUT2D eigenvalue weighted by Gasteiger charge is 2.35. The summed E-state index contributed by atoms with van der Waals surface area (Å²) in [5, 5.41) is 0. The average Bonchev–Trinajstić information content (AvgIpc) is 2.72. The van der Waals surface area contributed by atoms with E-state index in [2.05, 4.69) is 4.99 Å². The van der Waals surface area contributed by atoms with Gasteiger partial charge >= 0.3 is 0 Å². The van der Waals surface area contributed by atoms with Crippen molar-refractivity contribution in [1.29, 1.82) is 0 Å². The minimum atomic E-state index is -0.170. The smallest absolute Gasteiger partial charge is 0.235 e. The molecule has 82 valence electrons. The highest BCUT2D eigenvalue weighted by molar-refractivity contribution is 5.35. The zero-order valence-corrected chi connectivity index (χ0v) is 8.95. The van der Waals surface area contributed by atoms with E-state index in [4.69, 9.17) is 4.74 Å². The third-order valence-corrected chi connectivity index (χ3v) is 3.44. The molecule has 0 saturated heterocycles. The van der Waals surface area contributed by atoms with Gasteiger partial charge in [-0.3, -0.25) is 0 Å². The van der Waals surface area contributed by atoms with Crippen LogP contribution in [0.2, 0.25) is 0 Å². The van der Waals surface area contributed by atoms with Crippen molar-refractivity contribution in [3.05, 3.63) is 12.3 Å². The topological polar surface area (TPSA) is 38.7 Å². The molecule has 1 heterocycles. The highest BCUT2D eigenvalue weighted by Crippen LogP contribution is 2.37. The fourth-order valence-electron chi connectivity index (χ4n) is 2.65. The summed E-state index contributed by atoms with van der Waals surface area (Å²) in [6, 6.07) is 0. The van der Waals surface area contributed by atoms with Gasteiger partial charge in [0.05, 0.1) is 11.8 Å². The molecule has 2 aliphatic rings. The predicted molar refractivity (Wildman–Crippen MR) is 57.2 cm³/mol. The average molecular weight is 207 g/mol. The van der Waals surface area contributed by atoms with Gasteiger partial charge in [-0.25, -0.2) is 4.79 Å².